The Bertz CT molecular complexity index is 1240. The second-order valence-corrected chi connectivity index (χ2v) is 10.2. The number of fused-ring (bicyclic) bond motifs is 2. The van der Waals surface area contributed by atoms with Crippen LogP contribution in [0.25, 0.3) is 5.57 Å². The molecular formula is C22H23F4N3O3S. The topological polar surface area (TPSA) is 101 Å². The highest BCUT2D eigenvalue weighted by molar-refractivity contribution is 7.12. The molecule has 1 fully saturated rings. The molecule has 0 saturated heterocycles. The van der Waals surface area contributed by atoms with Gasteiger partial charge in [0.15, 0.2) is 0 Å². The maximum Gasteiger partial charge on any atom is 0.403 e. The van der Waals surface area contributed by atoms with Crippen LogP contribution in [0.3, 0.4) is 0 Å². The molecular weight excluding hydrogens is 462 g/mol. The summed E-state index contributed by atoms with van der Waals surface area (Å²) >= 11 is 1.35. The molecule has 0 radical (unpaired) electrons. The van der Waals surface area contributed by atoms with Gasteiger partial charge in [0.2, 0.25) is 0 Å². The van der Waals surface area contributed by atoms with Gasteiger partial charge in [-0.15, -0.1) is 11.3 Å². The minimum Gasteiger partial charge on any atom is -0.374 e. The van der Waals surface area contributed by atoms with Crippen molar-refractivity contribution in [2.24, 2.45) is 17.6 Å². The molecule has 4 N–H and O–H groups in total. The Morgan fingerprint density at radius 2 is 1.94 bits per heavy atom. The molecule has 0 aliphatic heterocycles. The smallest absolute Gasteiger partial charge is 0.374 e. The van der Waals surface area contributed by atoms with Crippen LogP contribution in [0.15, 0.2) is 21.5 Å². The molecule has 4 atom stereocenters. The normalized spacial score (nSPS) is 26.2. The fraction of sp³-hybridized carbons (Fsp3) is 0.545. The van der Waals surface area contributed by atoms with Crippen LogP contribution in [0.4, 0.5) is 17.6 Å². The number of aromatic nitrogens is 2. The lowest BCUT2D eigenvalue weighted by atomic mass is 9.80. The molecule has 5 rings (SSSR count). The molecule has 2 aromatic rings. The van der Waals surface area contributed by atoms with Gasteiger partial charge >= 0.3 is 11.9 Å². The molecule has 0 amide bonds. The van der Waals surface area contributed by atoms with Crippen molar-refractivity contribution < 1.29 is 22.3 Å². The molecule has 3 aliphatic carbocycles. The first-order valence-corrected chi connectivity index (χ1v) is 11.6. The van der Waals surface area contributed by atoms with E-state index in [4.69, 9.17) is 10.5 Å². The van der Waals surface area contributed by atoms with E-state index in [9.17, 15) is 22.8 Å². The number of rotatable bonds is 4. The van der Waals surface area contributed by atoms with Crippen molar-refractivity contribution in [1.82, 2.24) is 9.97 Å². The van der Waals surface area contributed by atoms with E-state index in [0.717, 1.165) is 23.3 Å². The van der Waals surface area contributed by atoms with Crippen LogP contribution in [-0.4, -0.2) is 29.3 Å². The number of H-pyrrole nitrogens is 2. The summed E-state index contributed by atoms with van der Waals surface area (Å²) in [4.78, 5) is 30.9. The second kappa shape index (κ2) is 7.92. The van der Waals surface area contributed by atoms with Crippen LogP contribution in [0.1, 0.15) is 57.9 Å². The van der Waals surface area contributed by atoms with Crippen LogP contribution < -0.4 is 17.0 Å². The van der Waals surface area contributed by atoms with Crippen molar-refractivity contribution in [3.63, 3.8) is 0 Å². The van der Waals surface area contributed by atoms with Gasteiger partial charge in [0, 0.05) is 22.4 Å². The first-order chi connectivity index (χ1) is 15.6. The Morgan fingerprint density at radius 1 is 1.21 bits per heavy atom. The molecule has 0 aromatic carbocycles. The van der Waals surface area contributed by atoms with E-state index in [2.05, 4.69) is 9.97 Å². The van der Waals surface area contributed by atoms with Crippen molar-refractivity contribution in [2.45, 2.75) is 56.3 Å². The van der Waals surface area contributed by atoms with Crippen LogP contribution in [0, 0.1) is 11.8 Å². The maximum absolute atomic E-state index is 16.0. The van der Waals surface area contributed by atoms with Crippen LogP contribution >= 0.6 is 11.3 Å². The van der Waals surface area contributed by atoms with Crippen LogP contribution in [0.5, 0.6) is 0 Å². The number of nitrogens with one attached hydrogen (secondary N) is 2. The SMILES string of the molecule is COC1c2[nH]c(=O)[nH]c(=O)c2C(C2CC2)=C(F)C1c1cc2c(s1)CCC(C(N)C(F)(F)F)C2. The van der Waals surface area contributed by atoms with Crippen molar-refractivity contribution in [3.8, 4) is 0 Å². The highest BCUT2D eigenvalue weighted by Crippen LogP contribution is 2.55. The third-order valence-corrected chi connectivity index (χ3v) is 8.25. The second-order valence-electron chi connectivity index (χ2n) is 9.03. The van der Waals surface area contributed by atoms with Crippen LogP contribution in [0.2, 0.25) is 0 Å². The number of nitrogens with two attached hydrogens (primary N) is 1. The third kappa shape index (κ3) is 3.79. The highest BCUT2D eigenvalue weighted by Gasteiger charge is 2.46. The minimum absolute atomic E-state index is 0.111. The average Bonchev–Trinajstić information content (AvgIpc) is 3.49. The van der Waals surface area contributed by atoms with E-state index in [1.165, 1.54) is 18.4 Å². The molecule has 2 heterocycles. The third-order valence-electron chi connectivity index (χ3n) is 6.93. The standard InChI is InChI=1S/C22H23F4N3O3S/c1-32-18-14(12-7-10-6-9(4-5-11(10)33-12)19(27)22(24,25)26)16(23)13(8-2-3-8)15-17(18)28-21(31)29-20(15)30/h7-9,14,18-19H,2-6,27H2,1H3,(H2,28,29,30,31). The van der Waals surface area contributed by atoms with Gasteiger partial charge < -0.3 is 15.5 Å². The monoisotopic (exact) mass is 485 g/mol. The fourth-order valence-electron chi connectivity index (χ4n) is 5.17. The molecule has 4 unspecified atom stereocenters. The van der Waals surface area contributed by atoms with Crippen molar-refractivity contribution in [1.29, 1.82) is 0 Å². The number of aryl methyl sites for hydroxylation is 1. The highest BCUT2D eigenvalue weighted by atomic mass is 32.1. The van der Waals surface area contributed by atoms with E-state index >= 15 is 4.39 Å². The molecule has 6 nitrogen and oxygen atoms in total. The summed E-state index contributed by atoms with van der Waals surface area (Å²) in [5.74, 6) is -2.21. The number of thiophene rings is 1. The lowest BCUT2D eigenvalue weighted by Gasteiger charge is -2.31. The van der Waals surface area contributed by atoms with Gasteiger partial charge in [-0.1, -0.05) is 0 Å². The van der Waals surface area contributed by atoms with Gasteiger partial charge in [0.25, 0.3) is 5.56 Å². The van der Waals surface area contributed by atoms with Gasteiger partial charge in [-0.3, -0.25) is 9.78 Å². The summed E-state index contributed by atoms with van der Waals surface area (Å²) in [6.45, 7) is 0. The first kappa shape index (κ1) is 22.5. The summed E-state index contributed by atoms with van der Waals surface area (Å²) in [6, 6.07) is -0.163. The van der Waals surface area contributed by atoms with Gasteiger partial charge in [-0.2, -0.15) is 13.2 Å². The molecule has 0 bridgehead atoms. The summed E-state index contributed by atoms with van der Waals surface area (Å²) in [7, 11) is 1.38. The number of hydrogen-bond acceptors (Lipinski definition) is 5. The number of hydrogen-bond donors (Lipinski definition) is 3. The zero-order valence-corrected chi connectivity index (χ0v) is 18.5. The summed E-state index contributed by atoms with van der Waals surface area (Å²) in [5.41, 5.74) is 5.51. The van der Waals surface area contributed by atoms with Gasteiger partial charge in [-0.05, 0) is 55.6 Å². The van der Waals surface area contributed by atoms with Gasteiger partial charge in [0.05, 0.1) is 17.2 Å². The molecule has 3 aliphatic rings. The lowest BCUT2D eigenvalue weighted by molar-refractivity contribution is -0.159. The van der Waals surface area contributed by atoms with Crippen molar-refractivity contribution in [2.75, 3.05) is 7.11 Å². The van der Waals surface area contributed by atoms with E-state index in [0.29, 0.717) is 23.3 Å². The summed E-state index contributed by atoms with van der Waals surface area (Å²) in [6.07, 6.45) is -3.01. The molecule has 178 valence electrons. The molecule has 33 heavy (non-hydrogen) atoms. The van der Waals surface area contributed by atoms with E-state index in [-0.39, 0.29) is 23.6 Å². The Morgan fingerprint density at radius 3 is 2.58 bits per heavy atom. The maximum atomic E-state index is 16.0. The van der Waals surface area contributed by atoms with E-state index in [1.807, 2.05) is 0 Å². The molecule has 1 saturated carbocycles. The van der Waals surface area contributed by atoms with E-state index in [1.54, 1.807) is 6.07 Å². The Hall–Kier alpha value is -2.24. The van der Waals surface area contributed by atoms with Crippen molar-refractivity contribution in [3.05, 3.63) is 59.3 Å². The van der Waals surface area contributed by atoms with Gasteiger partial charge in [-0.25, -0.2) is 9.18 Å². The number of ether oxygens (including phenoxy) is 1. The Labute approximate surface area is 189 Å². The zero-order chi connectivity index (χ0) is 23.7. The number of allylic oxidation sites excluding steroid dienone is 1. The van der Waals surface area contributed by atoms with E-state index < -0.39 is 47.2 Å². The largest absolute Gasteiger partial charge is 0.403 e. The summed E-state index contributed by atoms with van der Waals surface area (Å²) < 4.78 is 61.0. The first-order valence-electron chi connectivity index (χ1n) is 10.8. The Kier molecular flexibility index (Phi) is 5.41. The zero-order valence-electron chi connectivity index (χ0n) is 17.7. The number of alkyl halides is 3. The fourth-order valence-corrected chi connectivity index (χ4v) is 6.51. The predicted octanol–water partition coefficient (Wildman–Crippen LogP) is 3.69. The number of halogens is 4. The number of aromatic amines is 2. The summed E-state index contributed by atoms with van der Waals surface area (Å²) in [5, 5.41) is 0. The van der Waals surface area contributed by atoms with Crippen LogP contribution in [-0.2, 0) is 17.6 Å². The van der Waals surface area contributed by atoms with Crippen molar-refractivity contribution >= 4 is 16.9 Å². The molecule has 0 spiro atoms. The lowest BCUT2D eigenvalue weighted by Crippen LogP contribution is -2.45. The van der Waals surface area contributed by atoms with Gasteiger partial charge in [0.1, 0.15) is 18.0 Å². The molecule has 2 aromatic heterocycles. The molecule has 11 heteroatoms. The quantitative estimate of drug-likeness (QED) is 0.575. The number of methoxy groups -OCH3 is 1. The minimum atomic E-state index is -4.47. The predicted molar refractivity (Wildman–Crippen MR) is 115 cm³/mol. The Balaban J connectivity index is 1.58. The average molecular weight is 486 g/mol.